The van der Waals surface area contributed by atoms with Crippen molar-refractivity contribution in [1.29, 1.82) is 0 Å². The van der Waals surface area contributed by atoms with Gasteiger partial charge in [0, 0.05) is 5.92 Å². The molecule has 3 aliphatic carbocycles. The van der Waals surface area contributed by atoms with Gasteiger partial charge in [-0.05, 0) is 55.8 Å². The molecule has 1 heteroatoms. The Labute approximate surface area is 73.5 Å². The molecule has 0 aromatic rings. The second-order valence-corrected chi connectivity index (χ2v) is 4.95. The van der Waals surface area contributed by atoms with E-state index in [1.807, 2.05) is 0 Å². The first-order valence-corrected chi connectivity index (χ1v) is 5.35. The molecule has 0 aromatic carbocycles. The summed E-state index contributed by atoms with van der Waals surface area (Å²) in [5.41, 5.74) is 0. The Kier molecular flexibility index (Phi) is 1.38. The van der Waals surface area contributed by atoms with Crippen molar-refractivity contribution in [1.82, 2.24) is 0 Å². The number of fused-ring (bicyclic) bond motifs is 5. The van der Waals surface area contributed by atoms with Crippen molar-refractivity contribution < 1.29 is 4.79 Å². The maximum Gasteiger partial charge on any atom is 0.123 e. The van der Waals surface area contributed by atoms with Crippen molar-refractivity contribution in [3.05, 3.63) is 0 Å². The van der Waals surface area contributed by atoms with Gasteiger partial charge in [0.1, 0.15) is 6.29 Å². The Balaban J connectivity index is 1.89. The molecule has 0 spiro atoms. The van der Waals surface area contributed by atoms with Crippen molar-refractivity contribution in [2.24, 2.45) is 29.6 Å². The van der Waals surface area contributed by atoms with Crippen LogP contribution in [-0.4, -0.2) is 6.29 Å². The van der Waals surface area contributed by atoms with Crippen molar-refractivity contribution >= 4 is 6.29 Å². The maximum atomic E-state index is 10.8. The third kappa shape index (κ3) is 0.725. The summed E-state index contributed by atoms with van der Waals surface area (Å²) in [6.07, 6.45) is 8.15. The molecule has 12 heavy (non-hydrogen) atoms. The largest absolute Gasteiger partial charge is 0.303 e. The average molecular weight is 164 g/mol. The topological polar surface area (TPSA) is 17.1 Å². The van der Waals surface area contributed by atoms with Crippen LogP contribution in [-0.2, 0) is 4.79 Å². The zero-order valence-corrected chi connectivity index (χ0v) is 7.41. The van der Waals surface area contributed by atoms with E-state index in [4.69, 9.17) is 0 Å². The van der Waals surface area contributed by atoms with Crippen LogP contribution < -0.4 is 0 Å². The third-order valence-corrected chi connectivity index (χ3v) is 4.66. The number of aldehydes is 1. The van der Waals surface area contributed by atoms with Gasteiger partial charge in [-0.1, -0.05) is 0 Å². The molecule has 5 atom stereocenters. The molecule has 3 fully saturated rings. The molecule has 0 N–H and O–H groups in total. The van der Waals surface area contributed by atoms with Gasteiger partial charge >= 0.3 is 0 Å². The lowest BCUT2D eigenvalue weighted by molar-refractivity contribution is -0.112. The van der Waals surface area contributed by atoms with Crippen molar-refractivity contribution in [3.8, 4) is 0 Å². The predicted octanol–water partition coefficient (Wildman–Crippen LogP) is 2.26. The highest BCUT2D eigenvalue weighted by Gasteiger charge is 2.52. The highest BCUT2D eigenvalue weighted by molar-refractivity contribution is 5.55. The molecule has 2 bridgehead atoms. The summed E-state index contributed by atoms with van der Waals surface area (Å²) in [5.74, 6) is 4.19. The van der Waals surface area contributed by atoms with Gasteiger partial charge < -0.3 is 4.79 Å². The zero-order valence-electron chi connectivity index (χ0n) is 7.41. The van der Waals surface area contributed by atoms with E-state index >= 15 is 0 Å². The minimum Gasteiger partial charge on any atom is -0.303 e. The summed E-state index contributed by atoms with van der Waals surface area (Å²) < 4.78 is 0. The lowest BCUT2D eigenvalue weighted by Crippen LogP contribution is -2.22. The Morgan fingerprint density at radius 3 is 2.67 bits per heavy atom. The molecule has 0 aromatic heterocycles. The van der Waals surface area contributed by atoms with Crippen LogP contribution in [0.2, 0.25) is 0 Å². The molecule has 0 amide bonds. The van der Waals surface area contributed by atoms with Crippen LogP contribution >= 0.6 is 0 Å². The van der Waals surface area contributed by atoms with Gasteiger partial charge in [-0.25, -0.2) is 0 Å². The van der Waals surface area contributed by atoms with Gasteiger partial charge in [-0.3, -0.25) is 0 Å². The predicted molar refractivity (Wildman–Crippen MR) is 46.6 cm³/mol. The van der Waals surface area contributed by atoms with Gasteiger partial charge in [0.15, 0.2) is 0 Å². The molecule has 3 rings (SSSR count). The number of hydrogen-bond donors (Lipinski definition) is 0. The van der Waals surface area contributed by atoms with Crippen LogP contribution in [0, 0.1) is 29.6 Å². The number of hydrogen-bond acceptors (Lipinski definition) is 1. The van der Waals surface area contributed by atoms with E-state index in [1.54, 1.807) is 0 Å². The molecule has 1 nitrogen and oxygen atoms in total. The molecule has 0 aliphatic heterocycles. The van der Waals surface area contributed by atoms with Crippen LogP contribution in [0.3, 0.4) is 0 Å². The van der Waals surface area contributed by atoms with E-state index < -0.39 is 0 Å². The Hall–Kier alpha value is -0.330. The van der Waals surface area contributed by atoms with Gasteiger partial charge in [0.2, 0.25) is 0 Å². The molecule has 3 aliphatic rings. The minimum absolute atomic E-state index is 0.449. The smallest absolute Gasteiger partial charge is 0.123 e. The quantitative estimate of drug-likeness (QED) is 0.543. The van der Waals surface area contributed by atoms with E-state index in [1.165, 1.54) is 38.4 Å². The van der Waals surface area contributed by atoms with Crippen LogP contribution in [0.5, 0.6) is 0 Å². The second kappa shape index (κ2) is 2.34. The molecular formula is C11H16O. The van der Waals surface area contributed by atoms with E-state index in [0.717, 1.165) is 23.7 Å². The van der Waals surface area contributed by atoms with E-state index in [9.17, 15) is 4.79 Å². The number of rotatable bonds is 1. The zero-order chi connectivity index (χ0) is 8.13. The third-order valence-electron chi connectivity index (χ3n) is 4.66. The summed E-state index contributed by atoms with van der Waals surface area (Å²) >= 11 is 0. The fraction of sp³-hybridized carbons (Fsp3) is 0.909. The number of carbonyl (C=O) groups excluding carboxylic acids is 1. The van der Waals surface area contributed by atoms with Crippen molar-refractivity contribution in [2.45, 2.75) is 32.1 Å². The van der Waals surface area contributed by atoms with Crippen LogP contribution in [0.4, 0.5) is 0 Å². The molecule has 66 valence electrons. The van der Waals surface area contributed by atoms with E-state index in [2.05, 4.69) is 0 Å². The molecule has 0 heterocycles. The molecule has 0 saturated heterocycles. The first kappa shape index (κ1) is 7.11. The first-order chi connectivity index (χ1) is 5.90. The van der Waals surface area contributed by atoms with Gasteiger partial charge in [0.25, 0.3) is 0 Å². The monoisotopic (exact) mass is 164 g/mol. The maximum absolute atomic E-state index is 10.8. The summed E-state index contributed by atoms with van der Waals surface area (Å²) in [6, 6.07) is 0. The van der Waals surface area contributed by atoms with Crippen molar-refractivity contribution in [2.75, 3.05) is 0 Å². The fourth-order valence-corrected chi connectivity index (χ4v) is 4.29. The summed E-state index contributed by atoms with van der Waals surface area (Å²) in [4.78, 5) is 10.8. The molecule has 1 unspecified atom stereocenters. The molecule has 3 saturated carbocycles. The van der Waals surface area contributed by atoms with Gasteiger partial charge in [0.05, 0.1) is 0 Å². The molecule has 0 radical (unpaired) electrons. The normalized spacial score (nSPS) is 55.8. The molecular weight excluding hydrogens is 148 g/mol. The summed E-state index contributed by atoms with van der Waals surface area (Å²) in [6.45, 7) is 0. The minimum atomic E-state index is 0.449. The van der Waals surface area contributed by atoms with Crippen molar-refractivity contribution in [3.63, 3.8) is 0 Å². The van der Waals surface area contributed by atoms with E-state index in [-0.39, 0.29) is 0 Å². The van der Waals surface area contributed by atoms with Gasteiger partial charge in [-0.2, -0.15) is 0 Å². The Bertz CT molecular complexity index is 211. The summed E-state index contributed by atoms with van der Waals surface area (Å²) in [5, 5.41) is 0. The van der Waals surface area contributed by atoms with Crippen LogP contribution in [0.15, 0.2) is 0 Å². The Morgan fingerprint density at radius 2 is 1.83 bits per heavy atom. The van der Waals surface area contributed by atoms with E-state index in [0.29, 0.717) is 5.92 Å². The SMILES string of the molecule is O=CC1CC[C@H]2[C@@H]3CC[C@@H](C3)[C@@H]12. The number of carbonyl (C=O) groups is 1. The lowest BCUT2D eigenvalue weighted by Gasteiger charge is -2.26. The first-order valence-electron chi connectivity index (χ1n) is 5.35. The second-order valence-electron chi connectivity index (χ2n) is 4.95. The van der Waals surface area contributed by atoms with Crippen LogP contribution in [0.1, 0.15) is 32.1 Å². The fourth-order valence-electron chi connectivity index (χ4n) is 4.29. The Morgan fingerprint density at radius 1 is 1.00 bits per heavy atom. The average Bonchev–Trinajstić information content (AvgIpc) is 2.76. The lowest BCUT2D eigenvalue weighted by atomic mass is 9.78. The van der Waals surface area contributed by atoms with Crippen LogP contribution in [0.25, 0.3) is 0 Å². The summed E-state index contributed by atoms with van der Waals surface area (Å²) in [7, 11) is 0. The highest BCUT2D eigenvalue weighted by Crippen LogP contribution is 2.60. The highest BCUT2D eigenvalue weighted by atomic mass is 16.1. The van der Waals surface area contributed by atoms with Gasteiger partial charge in [-0.15, -0.1) is 0 Å². The standard InChI is InChI=1S/C11H16O/c12-6-9-3-4-10-7-1-2-8(5-7)11(9)10/h6-11H,1-5H2/t7-,8+,9?,10+,11+/m1/s1.